The second-order valence-corrected chi connectivity index (χ2v) is 5.86. The summed E-state index contributed by atoms with van der Waals surface area (Å²) in [7, 11) is 1.54. The Morgan fingerprint density at radius 1 is 1.24 bits per heavy atom. The molecule has 0 saturated heterocycles. The van der Waals surface area contributed by atoms with Crippen molar-refractivity contribution in [2.24, 2.45) is 0 Å². The summed E-state index contributed by atoms with van der Waals surface area (Å²) in [5, 5.41) is 1.28. The Morgan fingerprint density at radius 3 is 2.81 bits per heavy atom. The van der Waals surface area contributed by atoms with Gasteiger partial charge in [-0.3, -0.25) is 4.79 Å². The summed E-state index contributed by atoms with van der Waals surface area (Å²) in [6.45, 7) is 0. The highest BCUT2D eigenvalue weighted by atomic mass is 79.9. The molecule has 0 amide bonds. The van der Waals surface area contributed by atoms with Crippen LogP contribution in [-0.4, -0.2) is 17.9 Å². The van der Waals surface area contributed by atoms with Gasteiger partial charge in [-0.05, 0) is 30.3 Å². The largest absolute Gasteiger partial charge is 0.496 e. The number of nitrogens with one attached hydrogen (secondary N) is 1. The number of methoxy groups -OCH3 is 1. The third kappa shape index (κ3) is 2.45. The second-order valence-electron chi connectivity index (χ2n) is 4.54. The van der Waals surface area contributed by atoms with Gasteiger partial charge in [0, 0.05) is 27.1 Å². The number of hydrogen-bond acceptors (Lipinski definition) is 2. The number of H-pyrrole nitrogens is 1. The van der Waals surface area contributed by atoms with Crippen molar-refractivity contribution in [3.05, 3.63) is 63.2 Å². The molecule has 0 spiro atoms. The van der Waals surface area contributed by atoms with Crippen molar-refractivity contribution >= 4 is 44.2 Å². The number of rotatable bonds is 3. The maximum Gasteiger partial charge on any atom is 0.198 e. The average molecular weight is 365 g/mol. The van der Waals surface area contributed by atoms with Crippen LogP contribution in [0, 0.1) is 0 Å². The number of aromatic amines is 1. The summed E-state index contributed by atoms with van der Waals surface area (Å²) in [4.78, 5) is 15.9. The van der Waals surface area contributed by atoms with E-state index in [0.29, 0.717) is 21.9 Å². The van der Waals surface area contributed by atoms with Gasteiger partial charge in [0.05, 0.1) is 17.7 Å². The summed E-state index contributed by atoms with van der Waals surface area (Å²) in [5.41, 5.74) is 1.87. The number of benzene rings is 2. The number of halogens is 2. The van der Waals surface area contributed by atoms with Gasteiger partial charge in [0.25, 0.3) is 0 Å². The van der Waals surface area contributed by atoms with E-state index in [0.717, 1.165) is 15.4 Å². The third-order valence-electron chi connectivity index (χ3n) is 3.31. The number of hydrogen-bond donors (Lipinski definition) is 1. The van der Waals surface area contributed by atoms with Crippen LogP contribution in [0.25, 0.3) is 10.9 Å². The molecule has 106 valence electrons. The van der Waals surface area contributed by atoms with E-state index in [1.54, 1.807) is 31.5 Å². The van der Waals surface area contributed by atoms with Crippen molar-refractivity contribution in [2.45, 2.75) is 0 Å². The van der Waals surface area contributed by atoms with Gasteiger partial charge in [0.15, 0.2) is 5.78 Å². The van der Waals surface area contributed by atoms with Crippen LogP contribution in [0.2, 0.25) is 5.02 Å². The van der Waals surface area contributed by atoms with Crippen LogP contribution in [0.5, 0.6) is 5.75 Å². The smallest absolute Gasteiger partial charge is 0.198 e. The molecule has 0 aliphatic rings. The van der Waals surface area contributed by atoms with E-state index in [4.69, 9.17) is 16.3 Å². The Kier molecular flexibility index (Phi) is 3.74. The third-order valence-corrected chi connectivity index (χ3v) is 4.12. The quantitative estimate of drug-likeness (QED) is 0.677. The zero-order chi connectivity index (χ0) is 15.0. The van der Waals surface area contributed by atoms with E-state index >= 15 is 0 Å². The van der Waals surface area contributed by atoms with Crippen molar-refractivity contribution in [1.82, 2.24) is 4.98 Å². The lowest BCUT2D eigenvalue weighted by atomic mass is 10.0. The zero-order valence-electron chi connectivity index (χ0n) is 11.1. The van der Waals surface area contributed by atoms with Crippen molar-refractivity contribution in [3.8, 4) is 5.75 Å². The Hall–Kier alpha value is -1.78. The van der Waals surface area contributed by atoms with Gasteiger partial charge in [0.2, 0.25) is 0 Å². The van der Waals surface area contributed by atoms with Gasteiger partial charge in [-0.2, -0.15) is 0 Å². The van der Waals surface area contributed by atoms with Crippen LogP contribution in [0.15, 0.2) is 47.1 Å². The van der Waals surface area contributed by atoms with Gasteiger partial charge >= 0.3 is 0 Å². The minimum absolute atomic E-state index is 0.126. The first kappa shape index (κ1) is 14.2. The average Bonchev–Trinajstić information content (AvgIpc) is 2.92. The number of fused-ring (bicyclic) bond motifs is 1. The maximum absolute atomic E-state index is 12.8. The summed E-state index contributed by atoms with van der Waals surface area (Å²) in [6, 6.07) is 10.8. The highest BCUT2D eigenvalue weighted by Crippen LogP contribution is 2.31. The Bertz CT molecular complexity index is 841. The van der Waals surface area contributed by atoms with Crippen LogP contribution < -0.4 is 4.74 Å². The normalized spacial score (nSPS) is 10.8. The Morgan fingerprint density at radius 2 is 2.05 bits per heavy atom. The minimum atomic E-state index is -0.126. The molecule has 0 fully saturated rings. The molecule has 1 heterocycles. The van der Waals surface area contributed by atoms with E-state index < -0.39 is 0 Å². The highest BCUT2D eigenvalue weighted by molar-refractivity contribution is 9.10. The van der Waals surface area contributed by atoms with Gasteiger partial charge in [-0.15, -0.1) is 0 Å². The monoisotopic (exact) mass is 363 g/mol. The van der Waals surface area contributed by atoms with E-state index in [-0.39, 0.29) is 5.78 Å². The molecule has 0 aliphatic heterocycles. The molecule has 3 nitrogen and oxygen atoms in total. The van der Waals surface area contributed by atoms with Crippen LogP contribution in [0.4, 0.5) is 0 Å². The standard InChI is InChI=1S/C16H11BrClNO2/c1-21-14-7-9(17)5-6-10(14)16(20)11-8-19-13-4-2-3-12(18)15(11)13/h2-8,19H,1H3. The summed E-state index contributed by atoms with van der Waals surface area (Å²) in [6.07, 6.45) is 1.68. The van der Waals surface area contributed by atoms with Crippen molar-refractivity contribution < 1.29 is 9.53 Å². The Balaban J connectivity index is 2.17. The van der Waals surface area contributed by atoms with Crippen LogP contribution in [0.1, 0.15) is 15.9 Å². The molecule has 0 atom stereocenters. The first-order chi connectivity index (χ1) is 10.1. The Labute approximate surface area is 135 Å². The second kappa shape index (κ2) is 5.54. The number of aromatic nitrogens is 1. The van der Waals surface area contributed by atoms with Crippen molar-refractivity contribution in [2.75, 3.05) is 7.11 Å². The van der Waals surface area contributed by atoms with E-state index in [2.05, 4.69) is 20.9 Å². The molecule has 0 bridgehead atoms. The molecule has 2 aromatic carbocycles. The molecule has 0 unspecified atom stereocenters. The fourth-order valence-corrected chi connectivity index (χ4v) is 2.93. The molecular weight excluding hydrogens is 354 g/mol. The highest BCUT2D eigenvalue weighted by Gasteiger charge is 2.19. The number of ketones is 1. The van der Waals surface area contributed by atoms with Crippen LogP contribution in [0.3, 0.4) is 0 Å². The number of carbonyl (C=O) groups excluding carboxylic acids is 1. The van der Waals surface area contributed by atoms with E-state index in [9.17, 15) is 4.79 Å². The summed E-state index contributed by atoms with van der Waals surface area (Å²) < 4.78 is 6.15. The number of carbonyl (C=O) groups is 1. The minimum Gasteiger partial charge on any atom is -0.496 e. The maximum atomic E-state index is 12.8. The van der Waals surface area contributed by atoms with Gasteiger partial charge in [-0.25, -0.2) is 0 Å². The summed E-state index contributed by atoms with van der Waals surface area (Å²) in [5.74, 6) is 0.398. The lowest BCUT2D eigenvalue weighted by molar-refractivity contribution is 0.103. The molecule has 0 aliphatic carbocycles. The first-order valence-corrected chi connectivity index (χ1v) is 7.42. The van der Waals surface area contributed by atoms with E-state index in [1.807, 2.05) is 18.2 Å². The topological polar surface area (TPSA) is 42.1 Å². The lowest BCUT2D eigenvalue weighted by Crippen LogP contribution is -2.03. The molecular formula is C16H11BrClNO2. The SMILES string of the molecule is COc1cc(Br)ccc1C(=O)c1c[nH]c2cccc(Cl)c12. The molecule has 3 rings (SSSR count). The lowest BCUT2D eigenvalue weighted by Gasteiger charge is -2.08. The number of ether oxygens (including phenoxy) is 1. The molecule has 0 saturated carbocycles. The predicted molar refractivity (Wildman–Crippen MR) is 87.4 cm³/mol. The first-order valence-electron chi connectivity index (χ1n) is 6.25. The fraction of sp³-hybridized carbons (Fsp3) is 0.0625. The van der Waals surface area contributed by atoms with E-state index in [1.165, 1.54) is 0 Å². The molecule has 21 heavy (non-hydrogen) atoms. The van der Waals surface area contributed by atoms with Gasteiger partial charge in [-0.1, -0.05) is 33.6 Å². The molecule has 5 heteroatoms. The fourth-order valence-electron chi connectivity index (χ4n) is 2.32. The van der Waals surface area contributed by atoms with Gasteiger partial charge < -0.3 is 9.72 Å². The molecule has 3 aromatic rings. The van der Waals surface area contributed by atoms with Gasteiger partial charge in [0.1, 0.15) is 5.75 Å². The van der Waals surface area contributed by atoms with Crippen LogP contribution >= 0.6 is 27.5 Å². The molecule has 1 aromatic heterocycles. The summed E-state index contributed by atoms with van der Waals surface area (Å²) >= 11 is 9.59. The van der Waals surface area contributed by atoms with Crippen molar-refractivity contribution in [1.29, 1.82) is 0 Å². The molecule has 1 N–H and O–H groups in total. The zero-order valence-corrected chi connectivity index (χ0v) is 13.5. The molecule has 0 radical (unpaired) electrons. The van der Waals surface area contributed by atoms with Crippen LogP contribution in [-0.2, 0) is 0 Å². The van der Waals surface area contributed by atoms with Crippen molar-refractivity contribution in [3.63, 3.8) is 0 Å². The predicted octanol–water partition coefficient (Wildman–Crippen LogP) is 4.82.